The summed E-state index contributed by atoms with van der Waals surface area (Å²) in [4.78, 5) is 0. The topological polar surface area (TPSA) is 38.3 Å². The lowest BCUT2D eigenvalue weighted by Crippen LogP contribution is -2.24. The van der Waals surface area contributed by atoms with Crippen LogP contribution in [0.5, 0.6) is 5.75 Å². The highest BCUT2D eigenvalue weighted by molar-refractivity contribution is 7.85. The summed E-state index contributed by atoms with van der Waals surface area (Å²) in [6.07, 6.45) is 3.34. The highest BCUT2D eigenvalue weighted by atomic mass is 32.2. The second kappa shape index (κ2) is 5.16. The normalized spacial score (nSPS) is 12.9. The fourth-order valence-electron chi connectivity index (χ4n) is 1.10. The van der Waals surface area contributed by atoms with E-state index in [0.717, 1.165) is 11.4 Å². The first-order valence-electron chi connectivity index (χ1n) is 4.96. The number of nitrogens with one attached hydrogen (secondary N) is 1. The molecule has 0 amide bonds. The Labute approximate surface area is 99.1 Å². The first-order valence-corrected chi connectivity index (χ1v) is 6.51. The molecule has 0 radical (unpaired) electrons. The lowest BCUT2D eigenvalue weighted by atomic mass is 10.1. The van der Waals surface area contributed by atoms with E-state index < -0.39 is 11.0 Å². The Balaban J connectivity index is 2.71. The van der Waals surface area contributed by atoms with Crippen molar-refractivity contribution in [2.75, 3.05) is 11.0 Å². The van der Waals surface area contributed by atoms with Gasteiger partial charge in [-0.05, 0) is 44.2 Å². The molecule has 16 heavy (non-hydrogen) atoms. The molecule has 0 saturated heterocycles. The smallest absolute Gasteiger partial charge is 0.121 e. The minimum absolute atomic E-state index is 0.386. The fourth-order valence-corrected chi connectivity index (χ4v) is 1.57. The molecule has 0 heterocycles. The lowest BCUT2D eigenvalue weighted by molar-refractivity contribution is 0.162. The van der Waals surface area contributed by atoms with Gasteiger partial charge in [0.1, 0.15) is 22.3 Å². The standard InChI is InChI=1S/C12H17NO2S/c1-5-12(2,3)15-11-8-6-10(7-9-11)13-16(4)14/h5-9,13H,1H2,2-4H3. The van der Waals surface area contributed by atoms with Crippen molar-refractivity contribution in [2.24, 2.45) is 0 Å². The zero-order valence-electron chi connectivity index (χ0n) is 9.82. The molecule has 1 atom stereocenters. The molecule has 0 bridgehead atoms. The molecule has 0 saturated carbocycles. The summed E-state index contributed by atoms with van der Waals surface area (Å²) in [5.41, 5.74) is 0.423. The first kappa shape index (κ1) is 12.8. The van der Waals surface area contributed by atoms with Crippen LogP contribution < -0.4 is 9.46 Å². The molecule has 0 fully saturated rings. The van der Waals surface area contributed by atoms with Crippen LogP contribution in [0.2, 0.25) is 0 Å². The Morgan fingerprint density at radius 2 is 1.94 bits per heavy atom. The van der Waals surface area contributed by atoms with Gasteiger partial charge in [-0.2, -0.15) is 0 Å². The summed E-state index contributed by atoms with van der Waals surface area (Å²) in [7, 11) is -1.05. The molecule has 3 nitrogen and oxygen atoms in total. The van der Waals surface area contributed by atoms with Crippen molar-refractivity contribution in [3.05, 3.63) is 36.9 Å². The van der Waals surface area contributed by atoms with Crippen LogP contribution in [-0.2, 0) is 11.0 Å². The van der Waals surface area contributed by atoms with Crippen LogP contribution in [0, 0.1) is 0 Å². The van der Waals surface area contributed by atoms with Crippen LogP contribution in [0.3, 0.4) is 0 Å². The van der Waals surface area contributed by atoms with Gasteiger partial charge >= 0.3 is 0 Å². The number of rotatable bonds is 5. The molecule has 1 aromatic carbocycles. The van der Waals surface area contributed by atoms with Gasteiger partial charge < -0.3 is 9.46 Å². The number of ether oxygens (including phenoxy) is 1. The van der Waals surface area contributed by atoms with E-state index in [9.17, 15) is 4.21 Å². The summed E-state index contributed by atoms with van der Waals surface area (Å²) >= 11 is 0. The first-order chi connectivity index (χ1) is 7.43. The van der Waals surface area contributed by atoms with Gasteiger partial charge in [0.15, 0.2) is 0 Å². The van der Waals surface area contributed by atoms with E-state index in [0.29, 0.717) is 0 Å². The minimum atomic E-state index is -1.05. The van der Waals surface area contributed by atoms with Crippen molar-refractivity contribution in [1.82, 2.24) is 0 Å². The Morgan fingerprint density at radius 1 is 1.38 bits per heavy atom. The lowest BCUT2D eigenvalue weighted by Gasteiger charge is -2.22. The van der Waals surface area contributed by atoms with Crippen LogP contribution in [0.25, 0.3) is 0 Å². The SMILES string of the molecule is C=CC(C)(C)Oc1ccc(NS(C)=O)cc1. The highest BCUT2D eigenvalue weighted by Gasteiger charge is 2.14. The fraction of sp³-hybridized carbons (Fsp3) is 0.333. The number of anilines is 1. The van der Waals surface area contributed by atoms with Crippen molar-refractivity contribution in [1.29, 1.82) is 0 Å². The van der Waals surface area contributed by atoms with Crippen molar-refractivity contribution < 1.29 is 8.95 Å². The maximum absolute atomic E-state index is 10.9. The third-order valence-corrected chi connectivity index (χ3v) is 2.51. The van der Waals surface area contributed by atoms with Gasteiger partial charge in [0.2, 0.25) is 0 Å². The van der Waals surface area contributed by atoms with Crippen LogP contribution in [-0.4, -0.2) is 16.1 Å². The van der Waals surface area contributed by atoms with Gasteiger partial charge in [0.05, 0.1) is 0 Å². The molecular formula is C12H17NO2S. The molecule has 0 aromatic heterocycles. The molecule has 1 rings (SSSR count). The van der Waals surface area contributed by atoms with Gasteiger partial charge in [-0.15, -0.1) is 0 Å². The summed E-state index contributed by atoms with van der Waals surface area (Å²) in [5.74, 6) is 0.761. The molecule has 1 unspecified atom stereocenters. The molecule has 0 spiro atoms. The molecular weight excluding hydrogens is 222 g/mol. The van der Waals surface area contributed by atoms with E-state index in [4.69, 9.17) is 4.74 Å². The third-order valence-electron chi connectivity index (χ3n) is 1.99. The molecule has 0 aliphatic carbocycles. The quantitative estimate of drug-likeness (QED) is 0.802. The maximum atomic E-state index is 10.9. The van der Waals surface area contributed by atoms with E-state index in [-0.39, 0.29) is 5.60 Å². The van der Waals surface area contributed by atoms with Gasteiger partial charge in [-0.1, -0.05) is 6.58 Å². The minimum Gasteiger partial charge on any atom is -0.484 e. The average Bonchev–Trinajstić information content (AvgIpc) is 2.20. The van der Waals surface area contributed by atoms with Gasteiger partial charge in [-0.25, -0.2) is 4.21 Å². The van der Waals surface area contributed by atoms with E-state index >= 15 is 0 Å². The number of hydrogen-bond donors (Lipinski definition) is 1. The predicted octanol–water partition coefficient (Wildman–Crippen LogP) is 2.74. The van der Waals surface area contributed by atoms with Crippen molar-refractivity contribution in [2.45, 2.75) is 19.4 Å². The summed E-state index contributed by atoms with van der Waals surface area (Å²) in [6.45, 7) is 7.58. The summed E-state index contributed by atoms with van der Waals surface area (Å²) in [5, 5.41) is 0. The summed E-state index contributed by atoms with van der Waals surface area (Å²) < 4.78 is 19.4. The van der Waals surface area contributed by atoms with E-state index in [2.05, 4.69) is 11.3 Å². The zero-order valence-corrected chi connectivity index (χ0v) is 10.6. The molecule has 0 aliphatic rings. The Hall–Kier alpha value is -1.29. The van der Waals surface area contributed by atoms with Gasteiger partial charge in [0.25, 0.3) is 0 Å². The van der Waals surface area contributed by atoms with Crippen LogP contribution in [0.1, 0.15) is 13.8 Å². The van der Waals surface area contributed by atoms with Gasteiger partial charge in [0, 0.05) is 11.9 Å². The largest absolute Gasteiger partial charge is 0.484 e. The van der Waals surface area contributed by atoms with Crippen molar-refractivity contribution in [3.8, 4) is 5.75 Å². The van der Waals surface area contributed by atoms with Gasteiger partial charge in [-0.3, -0.25) is 0 Å². The number of hydrogen-bond acceptors (Lipinski definition) is 2. The van der Waals surface area contributed by atoms with E-state index in [1.807, 2.05) is 38.1 Å². The Morgan fingerprint density at radius 3 is 2.38 bits per heavy atom. The van der Waals surface area contributed by atoms with Crippen LogP contribution in [0.4, 0.5) is 5.69 Å². The van der Waals surface area contributed by atoms with Crippen molar-refractivity contribution in [3.63, 3.8) is 0 Å². The van der Waals surface area contributed by atoms with Crippen LogP contribution >= 0.6 is 0 Å². The monoisotopic (exact) mass is 239 g/mol. The van der Waals surface area contributed by atoms with E-state index in [1.165, 1.54) is 0 Å². The third kappa shape index (κ3) is 4.06. The maximum Gasteiger partial charge on any atom is 0.121 e. The highest BCUT2D eigenvalue weighted by Crippen LogP contribution is 2.21. The number of benzene rings is 1. The Bertz CT molecular complexity index is 385. The van der Waals surface area contributed by atoms with Crippen LogP contribution in [0.15, 0.2) is 36.9 Å². The molecule has 88 valence electrons. The average molecular weight is 239 g/mol. The molecule has 4 heteroatoms. The van der Waals surface area contributed by atoms with E-state index in [1.54, 1.807) is 12.3 Å². The second-order valence-corrected chi connectivity index (χ2v) is 5.10. The summed E-state index contributed by atoms with van der Waals surface area (Å²) in [6, 6.07) is 7.33. The Kier molecular flexibility index (Phi) is 4.12. The van der Waals surface area contributed by atoms with Crippen molar-refractivity contribution >= 4 is 16.7 Å². The second-order valence-electron chi connectivity index (χ2n) is 3.99. The predicted molar refractivity (Wildman–Crippen MR) is 69.0 cm³/mol. The molecule has 1 aromatic rings. The molecule has 1 N–H and O–H groups in total. The zero-order chi connectivity index (χ0) is 12.2. The molecule has 0 aliphatic heterocycles.